The largest absolute Gasteiger partial charge is 0.367 e. The fourth-order valence-electron chi connectivity index (χ4n) is 2.97. The van der Waals surface area contributed by atoms with Crippen LogP contribution in [0.25, 0.3) is 0 Å². The van der Waals surface area contributed by atoms with Crippen LogP contribution in [-0.2, 0) is 16.6 Å². The Hall–Kier alpha value is -1.54. The molecule has 4 rings (SSSR count). The van der Waals surface area contributed by atoms with Gasteiger partial charge in [0.15, 0.2) is 0 Å². The van der Waals surface area contributed by atoms with Crippen LogP contribution in [0.1, 0.15) is 48.1 Å². The topological polar surface area (TPSA) is 51.1 Å². The summed E-state index contributed by atoms with van der Waals surface area (Å²) in [6, 6.07) is 7.88. The number of benzene rings is 1. The standard InChI is InChI=1S/C20H23ClN4OS2/c1-20(2,3)16-12-27-18(22-16)15-11-25(8-9-26-15)19-24-23-17(28-19)10-13-4-6-14(21)7-5-13/h4-7,12,15H,8-11H2,1-3H3. The van der Waals surface area contributed by atoms with E-state index in [-0.39, 0.29) is 11.5 Å². The average molecular weight is 435 g/mol. The lowest BCUT2D eigenvalue weighted by atomic mass is 9.93. The molecular formula is C20H23ClN4OS2. The van der Waals surface area contributed by atoms with Crippen LogP contribution >= 0.6 is 34.3 Å². The van der Waals surface area contributed by atoms with E-state index in [1.54, 1.807) is 22.7 Å². The highest BCUT2D eigenvalue weighted by molar-refractivity contribution is 7.15. The molecule has 0 amide bonds. The summed E-state index contributed by atoms with van der Waals surface area (Å²) >= 11 is 9.29. The van der Waals surface area contributed by atoms with Gasteiger partial charge in [-0.05, 0) is 17.7 Å². The molecule has 1 fully saturated rings. The van der Waals surface area contributed by atoms with Gasteiger partial charge in [0, 0.05) is 28.8 Å². The van der Waals surface area contributed by atoms with Crippen molar-refractivity contribution in [1.82, 2.24) is 15.2 Å². The summed E-state index contributed by atoms with van der Waals surface area (Å²) in [6.07, 6.45) is 0.753. The molecule has 1 atom stereocenters. The lowest BCUT2D eigenvalue weighted by Crippen LogP contribution is -2.38. The molecule has 28 heavy (non-hydrogen) atoms. The third-order valence-electron chi connectivity index (χ3n) is 4.63. The molecule has 0 saturated carbocycles. The van der Waals surface area contributed by atoms with Gasteiger partial charge in [0.05, 0.1) is 18.8 Å². The number of thiazole rings is 1. The normalized spacial score (nSPS) is 17.9. The molecule has 1 unspecified atom stereocenters. The summed E-state index contributed by atoms with van der Waals surface area (Å²) in [5, 5.41) is 14.7. The first kappa shape index (κ1) is 19.8. The zero-order chi connectivity index (χ0) is 19.7. The van der Waals surface area contributed by atoms with E-state index in [4.69, 9.17) is 21.3 Å². The highest BCUT2D eigenvalue weighted by Gasteiger charge is 2.28. The van der Waals surface area contributed by atoms with E-state index < -0.39 is 0 Å². The molecule has 3 aromatic rings. The van der Waals surface area contributed by atoms with Crippen molar-refractivity contribution >= 4 is 39.4 Å². The molecule has 0 spiro atoms. The molecule has 0 bridgehead atoms. The molecule has 1 aliphatic rings. The predicted octanol–water partition coefficient (Wildman–Crippen LogP) is 5.11. The number of ether oxygens (including phenoxy) is 1. The van der Waals surface area contributed by atoms with E-state index in [1.807, 2.05) is 24.3 Å². The van der Waals surface area contributed by atoms with Crippen molar-refractivity contribution in [2.45, 2.75) is 38.7 Å². The van der Waals surface area contributed by atoms with E-state index in [0.717, 1.165) is 45.4 Å². The van der Waals surface area contributed by atoms with Gasteiger partial charge in [-0.25, -0.2) is 4.98 Å². The first-order valence-corrected chi connectivity index (χ1v) is 11.4. The monoisotopic (exact) mass is 434 g/mol. The third-order valence-corrected chi connectivity index (χ3v) is 6.80. The van der Waals surface area contributed by atoms with Crippen LogP contribution in [0.4, 0.5) is 5.13 Å². The summed E-state index contributed by atoms with van der Waals surface area (Å²) in [4.78, 5) is 7.08. The van der Waals surface area contributed by atoms with Gasteiger partial charge in [-0.1, -0.05) is 55.8 Å². The number of anilines is 1. The molecule has 148 valence electrons. The second kappa shape index (κ2) is 8.06. The van der Waals surface area contributed by atoms with Gasteiger partial charge >= 0.3 is 0 Å². The van der Waals surface area contributed by atoms with E-state index in [2.05, 4.69) is 41.2 Å². The molecule has 1 aliphatic heterocycles. The molecule has 1 saturated heterocycles. The summed E-state index contributed by atoms with van der Waals surface area (Å²) < 4.78 is 6.01. The van der Waals surface area contributed by atoms with Gasteiger partial charge in [0.25, 0.3) is 0 Å². The zero-order valence-electron chi connectivity index (χ0n) is 16.2. The van der Waals surface area contributed by atoms with Crippen LogP contribution in [0.5, 0.6) is 0 Å². The van der Waals surface area contributed by atoms with Crippen LogP contribution in [0.3, 0.4) is 0 Å². The summed E-state index contributed by atoms with van der Waals surface area (Å²) in [5.41, 5.74) is 2.36. The molecule has 0 N–H and O–H groups in total. The Balaban J connectivity index is 1.44. The number of rotatable bonds is 4. The maximum absolute atomic E-state index is 6.01. The minimum atomic E-state index is -0.0153. The first-order chi connectivity index (χ1) is 13.4. The molecular weight excluding hydrogens is 412 g/mol. The number of nitrogens with zero attached hydrogens (tertiary/aromatic N) is 4. The number of hydrogen-bond donors (Lipinski definition) is 0. The van der Waals surface area contributed by atoms with Gasteiger partial charge in [-0.3, -0.25) is 0 Å². The van der Waals surface area contributed by atoms with Gasteiger partial charge in [-0.15, -0.1) is 21.5 Å². The summed E-state index contributed by atoms with van der Waals surface area (Å²) in [6.45, 7) is 8.80. The Bertz CT molecular complexity index is 932. The molecule has 5 nitrogen and oxygen atoms in total. The zero-order valence-corrected chi connectivity index (χ0v) is 18.6. The molecule has 2 aromatic heterocycles. The molecule has 3 heterocycles. The Morgan fingerprint density at radius 1 is 1.21 bits per heavy atom. The van der Waals surface area contributed by atoms with Crippen molar-refractivity contribution in [3.05, 3.63) is 55.9 Å². The average Bonchev–Trinajstić information content (AvgIpc) is 3.33. The summed E-state index contributed by atoms with van der Waals surface area (Å²) in [7, 11) is 0. The SMILES string of the molecule is CC(C)(C)c1csc(C2CN(c3nnc(Cc4ccc(Cl)cc4)s3)CCO2)n1. The Kier molecular flexibility index (Phi) is 5.69. The lowest BCUT2D eigenvalue weighted by molar-refractivity contribution is 0.0394. The second-order valence-electron chi connectivity index (χ2n) is 7.91. The van der Waals surface area contributed by atoms with Crippen molar-refractivity contribution in [2.24, 2.45) is 0 Å². The first-order valence-electron chi connectivity index (χ1n) is 9.28. The Morgan fingerprint density at radius 2 is 2.00 bits per heavy atom. The minimum Gasteiger partial charge on any atom is -0.367 e. The molecule has 8 heteroatoms. The van der Waals surface area contributed by atoms with Crippen LogP contribution in [0.2, 0.25) is 5.02 Å². The van der Waals surface area contributed by atoms with Crippen molar-refractivity contribution < 1.29 is 4.74 Å². The van der Waals surface area contributed by atoms with Crippen molar-refractivity contribution in [1.29, 1.82) is 0 Å². The summed E-state index contributed by atoms with van der Waals surface area (Å²) in [5.74, 6) is 0. The highest BCUT2D eigenvalue weighted by Crippen LogP contribution is 2.32. The van der Waals surface area contributed by atoms with Gasteiger partial charge in [0.2, 0.25) is 5.13 Å². The van der Waals surface area contributed by atoms with Crippen LogP contribution in [0.15, 0.2) is 29.6 Å². The number of halogens is 1. The van der Waals surface area contributed by atoms with E-state index in [0.29, 0.717) is 6.61 Å². The highest BCUT2D eigenvalue weighted by atomic mass is 35.5. The van der Waals surface area contributed by atoms with E-state index in [1.165, 1.54) is 5.56 Å². The van der Waals surface area contributed by atoms with E-state index >= 15 is 0 Å². The van der Waals surface area contributed by atoms with Crippen LogP contribution in [-0.4, -0.2) is 34.9 Å². The second-order valence-corrected chi connectivity index (χ2v) is 10.3. The van der Waals surface area contributed by atoms with Crippen molar-refractivity contribution in [2.75, 3.05) is 24.6 Å². The fourth-order valence-corrected chi connectivity index (χ4v) is 5.09. The Morgan fingerprint density at radius 3 is 2.71 bits per heavy atom. The van der Waals surface area contributed by atoms with Crippen LogP contribution in [0, 0.1) is 0 Å². The molecule has 0 radical (unpaired) electrons. The molecule has 0 aliphatic carbocycles. The van der Waals surface area contributed by atoms with Crippen LogP contribution < -0.4 is 4.90 Å². The van der Waals surface area contributed by atoms with Crippen molar-refractivity contribution in [3.8, 4) is 0 Å². The number of hydrogen-bond acceptors (Lipinski definition) is 7. The fraction of sp³-hybridized carbons (Fsp3) is 0.450. The lowest BCUT2D eigenvalue weighted by Gasteiger charge is -2.31. The van der Waals surface area contributed by atoms with Gasteiger partial charge < -0.3 is 9.64 Å². The van der Waals surface area contributed by atoms with Crippen molar-refractivity contribution in [3.63, 3.8) is 0 Å². The number of morpholine rings is 1. The van der Waals surface area contributed by atoms with E-state index in [9.17, 15) is 0 Å². The quantitative estimate of drug-likeness (QED) is 0.570. The predicted molar refractivity (Wildman–Crippen MR) is 116 cm³/mol. The van der Waals surface area contributed by atoms with Gasteiger partial charge in [-0.2, -0.15) is 0 Å². The number of aromatic nitrogens is 3. The maximum atomic E-state index is 6.01. The smallest absolute Gasteiger partial charge is 0.208 e. The van der Waals surface area contributed by atoms with Gasteiger partial charge in [0.1, 0.15) is 16.1 Å². The maximum Gasteiger partial charge on any atom is 0.208 e. The molecule has 1 aromatic carbocycles. The third kappa shape index (κ3) is 4.54. The minimum absolute atomic E-state index is 0.0153. The Labute approximate surface area is 178 Å².